The zero-order chi connectivity index (χ0) is 25.1. The van der Waals surface area contributed by atoms with Crippen LogP contribution in [-0.4, -0.2) is 38.5 Å². The first kappa shape index (κ1) is 24.3. The predicted octanol–water partition coefficient (Wildman–Crippen LogP) is 2.82. The van der Waals surface area contributed by atoms with E-state index in [9.17, 15) is 9.59 Å². The number of benzene rings is 2. The molecular weight excluding hydrogens is 468 g/mol. The summed E-state index contributed by atoms with van der Waals surface area (Å²) in [6.45, 7) is 3.71. The number of para-hydroxylation sites is 1. The maximum absolute atomic E-state index is 13.7. The van der Waals surface area contributed by atoms with Gasteiger partial charge in [0.1, 0.15) is 5.75 Å². The van der Waals surface area contributed by atoms with Gasteiger partial charge in [-0.15, -0.1) is 0 Å². The van der Waals surface area contributed by atoms with Crippen LogP contribution in [0.5, 0.6) is 17.2 Å². The average Bonchev–Trinajstić information content (AvgIpc) is 3.17. The molecule has 182 valence electrons. The maximum atomic E-state index is 13.7. The molecule has 0 saturated carbocycles. The molecule has 4 rings (SSSR count). The number of methoxy groups -OCH3 is 3. The molecule has 0 fully saturated rings. The minimum Gasteiger partial charge on any atom is -0.497 e. The van der Waals surface area contributed by atoms with E-state index in [1.807, 2.05) is 24.3 Å². The number of allylic oxidation sites excluding steroid dienone is 1. The number of rotatable bonds is 7. The Balaban J connectivity index is 1.96. The highest BCUT2D eigenvalue weighted by Gasteiger charge is 2.33. The van der Waals surface area contributed by atoms with Gasteiger partial charge in [0.25, 0.3) is 5.56 Å². The second-order valence-corrected chi connectivity index (χ2v) is 8.67. The maximum Gasteiger partial charge on any atom is 0.338 e. The van der Waals surface area contributed by atoms with Crippen LogP contribution in [0.3, 0.4) is 0 Å². The van der Waals surface area contributed by atoms with Gasteiger partial charge >= 0.3 is 5.97 Å². The van der Waals surface area contributed by atoms with Crippen molar-refractivity contribution in [3.8, 4) is 17.2 Å². The van der Waals surface area contributed by atoms with Gasteiger partial charge in [-0.1, -0.05) is 35.6 Å². The Hall–Kier alpha value is -3.85. The summed E-state index contributed by atoms with van der Waals surface area (Å²) in [5.74, 6) is 1.25. The van der Waals surface area contributed by atoms with E-state index in [0.29, 0.717) is 43.4 Å². The molecule has 2 aromatic carbocycles. The van der Waals surface area contributed by atoms with E-state index in [2.05, 4.69) is 4.99 Å². The van der Waals surface area contributed by atoms with Gasteiger partial charge in [0.05, 0.1) is 49.8 Å². The van der Waals surface area contributed by atoms with Crippen LogP contribution in [0.1, 0.15) is 31.0 Å². The third kappa shape index (κ3) is 4.46. The van der Waals surface area contributed by atoms with E-state index in [1.165, 1.54) is 11.3 Å². The second-order valence-electron chi connectivity index (χ2n) is 7.66. The molecule has 0 spiro atoms. The molecule has 1 aliphatic heterocycles. The van der Waals surface area contributed by atoms with Gasteiger partial charge in [-0.2, -0.15) is 0 Å². The number of carbonyl (C=O) groups is 1. The third-order valence-electron chi connectivity index (χ3n) is 5.67. The largest absolute Gasteiger partial charge is 0.497 e. The fourth-order valence-electron chi connectivity index (χ4n) is 4.06. The smallest absolute Gasteiger partial charge is 0.338 e. The molecule has 2 heterocycles. The van der Waals surface area contributed by atoms with Crippen molar-refractivity contribution in [2.75, 3.05) is 27.9 Å². The fraction of sp³-hybridized carbons (Fsp3) is 0.269. The molecule has 1 aromatic heterocycles. The first-order chi connectivity index (χ1) is 16.9. The topological polar surface area (TPSA) is 88.4 Å². The number of hydrogen-bond donors (Lipinski definition) is 0. The summed E-state index contributed by atoms with van der Waals surface area (Å²) >= 11 is 1.25. The lowest BCUT2D eigenvalue weighted by Crippen LogP contribution is -2.39. The van der Waals surface area contributed by atoms with Crippen molar-refractivity contribution >= 4 is 23.4 Å². The highest BCUT2D eigenvalue weighted by atomic mass is 32.1. The van der Waals surface area contributed by atoms with Gasteiger partial charge in [0, 0.05) is 5.56 Å². The van der Waals surface area contributed by atoms with E-state index in [4.69, 9.17) is 18.9 Å². The van der Waals surface area contributed by atoms with Crippen LogP contribution in [0.2, 0.25) is 0 Å². The number of nitrogens with zero attached hydrogens (tertiary/aromatic N) is 2. The first-order valence-corrected chi connectivity index (χ1v) is 11.8. The summed E-state index contributed by atoms with van der Waals surface area (Å²) in [6, 6.07) is 12.0. The van der Waals surface area contributed by atoms with Crippen molar-refractivity contribution < 1.29 is 23.7 Å². The molecule has 1 aliphatic rings. The summed E-state index contributed by atoms with van der Waals surface area (Å²) in [5, 5.41) is 0. The molecular formula is C26H26N2O6S. The van der Waals surface area contributed by atoms with Gasteiger partial charge in [0.15, 0.2) is 16.3 Å². The van der Waals surface area contributed by atoms with Gasteiger partial charge in [0.2, 0.25) is 0 Å². The SMILES string of the molecule is CCOC(=O)C1=C(C)N=c2s/c(=C/c3cccc(OC)c3OC)c(=O)n2[C@@H]1c1ccc(OC)cc1. The van der Waals surface area contributed by atoms with Gasteiger partial charge < -0.3 is 18.9 Å². The van der Waals surface area contributed by atoms with Gasteiger partial charge in [-0.25, -0.2) is 9.79 Å². The summed E-state index contributed by atoms with van der Waals surface area (Å²) in [7, 11) is 4.69. The molecule has 1 atom stereocenters. The van der Waals surface area contributed by atoms with Crippen LogP contribution in [-0.2, 0) is 9.53 Å². The molecule has 0 aliphatic carbocycles. The van der Waals surface area contributed by atoms with Crippen LogP contribution >= 0.6 is 11.3 Å². The number of hydrogen-bond acceptors (Lipinski definition) is 8. The van der Waals surface area contributed by atoms with Crippen molar-refractivity contribution in [1.29, 1.82) is 0 Å². The van der Waals surface area contributed by atoms with Crippen molar-refractivity contribution in [3.05, 3.63) is 84.5 Å². The lowest BCUT2D eigenvalue weighted by molar-refractivity contribution is -0.139. The Morgan fingerprint density at radius 2 is 1.83 bits per heavy atom. The molecule has 0 bridgehead atoms. The number of esters is 1. The standard InChI is InChI=1S/C26H26N2O6S/c1-6-34-25(30)21-15(2)27-26-28(22(21)16-10-12-18(31-3)13-11-16)24(29)20(35-26)14-17-8-7-9-19(32-4)23(17)33-5/h7-14,22H,6H2,1-5H3/b20-14+/t22-/m1/s1. The van der Waals surface area contributed by atoms with E-state index < -0.39 is 12.0 Å². The highest BCUT2D eigenvalue weighted by molar-refractivity contribution is 7.07. The molecule has 0 unspecified atom stereocenters. The third-order valence-corrected chi connectivity index (χ3v) is 6.65. The van der Waals surface area contributed by atoms with Crippen LogP contribution in [0.15, 0.2) is 63.5 Å². The Kier molecular flexibility index (Phi) is 7.07. The highest BCUT2D eigenvalue weighted by Crippen LogP contribution is 2.33. The van der Waals surface area contributed by atoms with Crippen molar-refractivity contribution in [2.24, 2.45) is 4.99 Å². The van der Waals surface area contributed by atoms with Crippen molar-refractivity contribution in [1.82, 2.24) is 4.57 Å². The number of carbonyl (C=O) groups excluding carboxylic acids is 1. The summed E-state index contributed by atoms with van der Waals surface area (Å²) < 4.78 is 23.5. The predicted molar refractivity (Wildman–Crippen MR) is 133 cm³/mol. The number of fused-ring (bicyclic) bond motifs is 1. The Morgan fingerprint density at radius 1 is 1.09 bits per heavy atom. The fourth-order valence-corrected chi connectivity index (χ4v) is 5.10. The normalized spacial score (nSPS) is 15.3. The summed E-state index contributed by atoms with van der Waals surface area (Å²) in [4.78, 5) is 31.8. The monoisotopic (exact) mass is 494 g/mol. The molecule has 0 amide bonds. The van der Waals surface area contributed by atoms with Crippen molar-refractivity contribution in [2.45, 2.75) is 19.9 Å². The number of ether oxygens (including phenoxy) is 4. The molecule has 8 nitrogen and oxygen atoms in total. The molecule has 3 aromatic rings. The van der Waals surface area contributed by atoms with Crippen LogP contribution < -0.4 is 29.1 Å². The summed E-state index contributed by atoms with van der Waals surface area (Å²) in [6.07, 6.45) is 1.75. The molecule has 0 radical (unpaired) electrons. The van der Waals surface area contributed by atoms with Gasteiger partial charge in [-0.3, -0.25) is 9.36 Å². The van der Waals surface area contributed by atoms with Crippen LogP contribution in [0.4, 0.5) is 0 Å². The lowest BCUT2D eigenvalue weighted by Gasteiger charge is -2.24. The van der Waals surface area contributed by atoms with Crippen LogP contribution in [0, 0.1) is 0 Å². The Labute approximate surface area is 206 Å². The van der Waals surface area contributed by atoms with Crippen molar-refractivity contribution in [3.63, 3.8) is 0 Å². The zero-order valence-corrected chi connectivity index (χ0v) is 21.0. The lowest BCUT2D eigenvalue weighted by atomic mass is 9.96. The zero-order valence-electron chi connectivity index (χ0n) is 20.2. The van der Waals surface area contributed by atoms with Crippen LogP contribution in [0.25, 0.3) is 6.08 Å². The van der Waals surface area contributed by atoms with E-state index in [0.717, 1.165) is 5.56 Å². The van der Waals surface area contributed by atoms with E-state index in [1.54, 1.807) is 64.0 Å². The Bertz CT molecular complexity index is 1470. The van der Waals surface area contributed by atoms with E-state index >= 15 is 0 Å². The minimum absolute atomic E-state index is 0.213. The molecule has 35 heavy (non-hydrogen) atoms. The molecule has 0 saturated heterocycles. The minimum atomic E-state index is -0.689. The molecule has 9 heteroatoms. The quantitative estimate of drug-likeness (QED) is 0.470. The molecule has 0 N–H and O–H groups in total. The second kappa shape index (κ2) is 10.2. The van der Waals surface area contributed by atoms with Gasteiger partial charge in [-0.05, 0) is 43.7 Å². The number of aromatic nitrogens is 1. The number of thiazole rings is 1. The average molecular weight is 495 g/mol. The first-order valence-electron chi connectivity index (χ1n) is 11.0. The summed E-state index contributed by atoms with van der Waals surface area (Å²) in [5.41, 5.74) is 2.01. The van der Waals surface area contributed by atoms with E-state index in [-0.39, 0.29) is 12.2 Å². The Morgan fingerprint density at radius 3 is 2.46 bits per heavy atom.